The molecule has 0 saturated heterocycles. The van der Waals surface area contributed by atoms with Crippen molar-refractivity contribution in [2.75, 3.05) is 0 Å². The number of ketones is 1. The van der Waals surface area contributed by atoms with E-state index in [9.17, 15) is 4.79 Å². The molecule has 3 aromatic rings. The Morgan fingerprint density at radius 2 is 1.25 bits per heavy atom. The topological polar surface area (TPSA) is 17.1 Å². The van der Waals surface area contributed by atoms with Crippen molar-refractivity contribution in [3.8, 4) is 0 Å². The Hall–Kier alpha value is -2.38. The SMILES string of the molecule is O=C1CC(c2ccccc2)(c2ccccc2)C1c1ccc(Cl)cc1. The highest BCUT2D eigenvalue weighted by atomic mass is 35.5. The van der Waals surface area contributed by atoms with Gasteiger partial charge in [0.05, 0.1) is 5.92 Å². The van der Waals surface area contributed by atoms with Crippen molar-refractivity contribution in [1.82, 2.24) is 0 Å². The molecule has 118 valence electrons. The number of rotatable bonds is 3. The first-order valence-electron chi connectivity index (χ1n) is 8.11. The van der Waals surface area contributed by atoms with Gasteiger partial charge >= 0.3 is 0 Å². The minimum Gasteiger partial charge on any atom is -0.299 e. The van der Waals surface area contributed by atoms with Gasteiger partial charge in [0.1, 0.15) is 5.78 Å². The molecule has 1 atom stereocenters. The molecule has 0 heterocycles. The molecule has 1 aliphatic carbocycles. The van der Waals surface area contributed by atoms with Crippen LogP contribution in [0.5, 0.6) is 0 Å². The van der Waals surface area contributed by atoms with Crippen LogP contribution in [0.3, 0.4) is 0 Å². The van der Waals surface area contributed by atoms with Gasteiger partial charge in [-0.3, -0.25) is 4.79 Å². The molecular formula is C22H17ClO. The molecule has 2 heteroatoms. The summed E-state index contributed by atoms with van der Waals surface area (Å²) in [5, 5.41) is 0.690. The number of hydrogen-bond donors (Lipinski definition) is 0. The van der Waals surface area contributed by atoms with E-state index in [0.717, 1.165) is 5.56 Å². The van der Waals surface area contributed by atoms with Gasteiger partial charge in [-0.2, -0.15) is 0 Å². The molecule has 3 aromatic carbocycles. The van der Waals surface area contributed by atoms with Crippen molar-refractivity contribution in [3.63, 3.8) is 0 Å². The van der Waals surface area contributed by atoms with Crippen LogP contribution in [0.4, 0.5) is 0 Å². The van der Waals surface area contributed by atoms with Gasteiger partial charge in [0.25, 0.3) is 0 Å². The molecule has 0 aliphatic heterocycles. The van der Waals surface area contributed by atoms with Crippen molar-refractivity contribution in [2.45, 2.75) is 17.8 Å². The predicted octanol–water partition coefficient (Wildman–Crippen LogP) is 5.38. The largest absolute Gasteiger partial charge is 0.299 e. The van der Waals surface area contributed by atoms with Crippen LogP contribution in [0.2, 0.25) is 5.02 Å². The molecule has 0 amide bonds. The quantitative estimate of drug-likeness (QED) is 0.629. The lowest BCUT2D eigenvalue weighted by Gasteiger charge is -2.49. The molecule has 1 fully saturated rings. The molecule has 0 N–H and O–H groups in total. The molecular weight excluding hydrogens is 316 g/mol. The first-order valence-corrected chi connectivity index (χ1v) is 8.49. The van der Waals surface area contributed by atoms with Gasteiger partial charge in [-0.05, 0) is 28.8 Å². The number of halogens is 1. The Bertz CT molecular complexity index is 814. The summed E-state index contributed by atoms with van der Waals surface area (Å²) in [7, 11) is 0. The highest BCUT2D eigenvalue weighted by Crippen LogP contribution is 2.56. The number of carbonyl (C=O) groups excluding carboxylic acids is 1. The molecule has 0 radical (unpaired) electrons. The second-order valence-electron chi connectivity index (χ2n) is 6.33. The number of hydrogen-bond acceptors (Lipinski definition) is 1. The van der Waals surface area contributed by atoms with Gasteiger partial charge in [-0.1, -0.05) is 84.4 Å². The lowest BCUT2D eigenvalue weighted by atomic mass is 9.51. The van der Waals surface area contributed by atoms with E-state index in [4.69, 9.17) is 11.6 Å². The summed E-state index contributed by atoms with van der Waals surface area (Å²) in [6.07, 6.45) is 0.536. The van der Waals surface area contributed by atoms with Crippen LogP contribution >= 0.6 is 11.6 Å². The fourth-order valence-electron chi connectivity index (χ4n) is 3.92. The van der Waals surface area contributed by atoms with E-state index in [1.165, 1.54) is 11.1 Å². The Kier molecular flexibility index (Phi) is 3.74. The van der Waals surface area contributed by atoms with Crippen molar-refractivity contribution in [1.29, 1.82) is 0 Å². The van der Waals surface area contributed by atoms with E-state index in [1.807, 2.05) is 60.7 Å². The van der Waals surface area contributed by atoms with Gasteiger partial charge in [0.2, 0.25) is 0 Å². The lowest BCUT2D eigenvalue weighted by Crippen LogP contribution is -2.51. The van der Waals surface area contributed by atoms with Crippen molar-refractivity contribution in [3.05, 3.63) is 107 Å². The predicted molar refractivity (Wildman–Crippen MR) is 97.5 cm³/mol. The summed E-state index contributed by atoms with van der Waals surface area (Å²) < 4.78 is 0. The van der Waals surface area contributed by atoms with Gasteiger partial charge in [0, 0.05) is 16.9 Å². The lowest BCUT2D eigenvalue weighted by molar-refractivity contribution is -0.130. The third-order valence-electron chi connectivity index (χ3n) is 5.05. The van der Waals surface area contributed by atoms with E-state index >= 15 is 0 Å². The summed E-state index contributed by atoms with van der Waals surface area (Å²) in [5.41, 5.74) is 3.11. The fourth-order valence-corrected chi connectivity index (χ4v) is 4.05. The maximum atomic E-state index is 12.6. The van der Waals surface area contributed by atoms with E-state index in [-0.39, 0.29) is 17.1 Å². The molecule has 24 heavy (non-hydrogen) atoms. The van der Waals surface area contributed by atoms with E-state index in [2.05, 4.69) is 24.3 Å². The van der Waals surface area contributed by atoms with Crippen molar-refractivity contribution in [2.24, 2.45) is 0 Å². The monoisotopic (exact) mass is 332 g/mol. The first-order chi connectivity index (χ1) is 11.7. The van der Waals surface area contributed by atoms with Crippen LogP contribution in [0.1, 0.15) is 29.0 Å². The Morgan fingerprint density at radius 1 is 0.750 bits per heavy atom. The second-order valence-corrected chi connectivity index (χ2v) is 6.77. The van der Waals surface area contributed by atoms with E-state index < -0.39 is 0 Å². The summed E-state index contributed by atoms with van der Waals surface area (Å²) in [6, 6.07) is 28.4. The van der Waals surface area contributed by atoms with Crippen LogP contribution in [0.25, 0.3) is 0 Å². The minimum atomic E-state index is -0.298. The van der Waals surface area contributed by atoms with Gasteiger partial charge in [0.15, 0.2) is 0 Å². The van der Waals surface area contributed by atoms with Gasteiger partial charge in [-0.25, -0.2) is 0 Å². The van der Waals surface area contributed by atoms with Crippen LogP contribution in [0, 0.1) is 0 Å². The number of benzene rings is 3. The molecule has 1 aliphatic rings. The summed E-state index contributed by atoms with van der Waals surface area (Å²) in [6.45, 7) is 0. The number of Topliss-reactive ketones (excluding diaryl/α,β-unsaturated/α-hetero) is 1. The third-order valence-corrected chi connectivity index (χ3v) is 5.30. The molecule has 0 bridgehead atoms. The molecule has 0 spiro atoms. The van der Waals surface area contributed by atoms with E-state index in [1.54, 1.807) is 0 Å². The third kappa shape index (κ3) is 2.28. The van der Waals surface area contributed by atoms with Crippen LogP contribution in [0.15, 0.2) is 84.9 Å². The smallest absolute Gasteiger partial charge is 0.142 e. The highest BCUT2D eigenvalue weighted by molar-refractivity contribution is 6.30. The number of carbonyl (C=O) groups is 1. The van der Waals surface area contributed by atoms with Crippen LogP contribution in [-0.4, -0.2) is 5.78 Å². The van der Waals surface area contributed by atoms with Gasteiger partial charge < -0.3 is 0 Å². The normalized spacial score (nSPS) is 18.9. The zero-order valence-corrected chi connectivity index (χ0v) is 13.9. The molecule has 1 saturated carbocycles. The van der Waals surface area contributed by atoms with Gasteiger partial charge in [-0.15, -0.1) is 0 Å². The van der Waals surface area contributed by atoms with Crippen LogP contribution in [-0.2, 0) is 10.2 Å². The standard InChI is InChI=1S/C22H17ClO/c23-19-13-11-16(12-14-19)21-20(24)15-22(21,17-7-3-1-4-8-17)18-9-5-2-6-10-18/h1-14,21H,15H2. The van der Waals surface area contributed by atoms with E-state index in [0.29, 0.717) is 11.4 Å². The average molecular weight is 333 g/mol. The first kappa shape index (κ1) is 15.2. The maximum Gasteiger partial charge on any atom is 0.142 e. The molecule has 4 rings (SSSR count). The summed E-state index contributed by atoms with van der Waals surface area (Å²) >= 11 is 6.03. The van der Waals surface area contributed by atoms with Crippen LogP contribution < -0.4 is 0 Å². The average Bonchev–Trinajstić information content (AvgIpc) is 2.63. The highest BCUT2D eigenvalue weighted by Gasteiger charge is 2.56. The van der Waals surface area contributed by atoms with Crippen molar-refractivity contribution >= 4 is 17.4 Å². The fraction of sp³-hybridized carbons (Fsp3) is 0.136. The Balaban J connectivity index is 1.91. The summed E-state index contributed by atoms with van der Waals surface area (Å²) in [4.78, 5) is 12.6. The maximum absolute atomic E-state index is 12.6. The van der Waals surface area contributed by atoms with Crippen molar-refractivity contribution < 1.29 is 4.79 Å². The molecule has 0 aromatic heterocycles. The minimum absolute atomic E-state index is 0.167. The summed E-state index contributed by atoms with van der Waals surface area (Å²) in [5.74, 6) is 0.115. The zero-order chi connectivity index (χ0) is 16.6. The Morgan fingerprint density at radius 3 is 1.71 bits per heavy atom. The Labute approximate surface area is 146 Å². The zero-order valence-electron chi connectivity index (χ0n) is 13.2. The molecule has 1 unspecified atom stereocenters. The molecule has 1 nitrogen and oxygen atoms in total. The second kappa shape index (κ2) is 5.92.